The normalized spacial score (nSPS) is 12.3. The zero-order chi connectivity index (χ0) is 10.8. The van der Waals surface area contributed by atoms with Gasteiger partial charge in [0.15, 0.2) is 4.80 Å². The van der Waals surface area contributed by atoms with Gasteiger partial charge in [-0.15, -0.1) is 0 Å². The number of carbonyl (C=O) groups is 1. The quantitative estimate of drug-likeness (QED) is 0.707. The highest BCUT2D eigenvalue weighted by Gasteiger charge is 2.02. The predicted molar refractivity (Wildman–Crippen MR) is 65.3 cm³/mol. The fraction of sp³-hybridized carbons (Fsp3) is 0.200. The van der Waals surface area contributed by atoms with Gasteiger partial charge in [-0.2, -0.15) is 4.99 Å². The van der Waals surface area contributed by atoms with Crippen LogP contribution in [-0.4, -0.2) is 16.1 Å². The third-order valence-corrected chi connectivity index (χ3v) is 3.63. The van der Waals surface area contributed by atoms with Gasteiger partial charge in [0.25, 0.3) is 0 Å². The Bertz CT molecular complexity index is 568. The maximum absolute atomic E-state index is 11.2. The van der Waals surface area contributed by atoms with E-state index in [1.807, 2.05) is 35.9 Å². The number of benzene rings is 1. The molecule has 0 aliphatic rings. The van der Waals surface area contributed by atoms with Crippen molar-refractivity contribution in [3.8, 4) is 0 Å². The van der Waals surface area contributed by atoms with Gasteiger partial charge in [0.1, 0.15) is 0 Å². The molecule has 1 amide bonds. The minimum absolute atomic E-state index is 0.155. The molecule has 0 saturated heterocycles. The first-order valence-corrected chi connectivity index (χ1v) is 6.43. The molecule has 78 valence electrons. The summed E-state index contributed by atoms with van der Waals surface area (Å²) in [6.07, 6.45) is 1.74. The number of aromatic nitrogens is 1. The van der Waals surface area contributed by atoms with Gasteiger partial charge in [0.05, 0.1) is 10.2 Å². The van der Waals surface area contributed by atoms with Crippen molar-refractivity contribution in [3.63, 3.8) is 0 Å². The van der Waals surface area contributed by atoms with Gasteiger partial charge in [-0.25, -0.2) is 0 Å². The molecule has 0 N–H and O–H groups in total. The molecule has 0 aliphatic heterocycles. The van der Waals surface area contributed by atoms with E-state index in [0.29, 0.717) is 0 Å². The van der Waals surface area contributed by atoms with Crippen LogP contribution in [0.25, 0.3) is 10.2 Å². The topological polar surface area (TPSA) is 34.4 Å². The molecule has 1 heterocycles. The van der Waals surface area contributed by atoms with Crippen LogP contribution < -0.4 is 4.80 Å². The van der Waals surface area contributed by atoms with Crippen LogP contribution in [0.5, 0.6) is 0 Å². The van der Waals surface area contributed by atoms with Crippen LogP contribution in [0.15, 0.2) is 29.3 Å². The van der Waals surface area contributed by atoms with Crippen molar-refractivity contribution in [2.45, 2.75) is 0 Å². The predicted octanol–water partition coefficient (Wildman–Crippen LogP) is 2.62. The summed E-state index contributed by atoms with van der Waals surface area (Å²) < 4.78 is 3.08. The number of aryl methyl sites for hydroxylation is 1. The van der Waals surface area contributed by atoms with E-state index in [4.69, 9.17) is 0 Å². The lowest BCUT2D eigenvalue weighted by molar-refractivity contribution is 0.267. The van der Waals surface area contributed by atoms with Crippen molar-refractivity contribution in [2.24, 2.45) is 12.0 Å². The number of hydrogen-bond acceptors (Lipinski definition) is 3. The van der Waals surface area contributed by atoms with E-state index in [1.165, 1.54) is 11.3 Å². The van der Waals surface area contributed by atoms with Crippen LogP contribution >= 0.6 is 23.1 Å². The van der Waals surface area contributed by atoms with Crippen molar-refractivity contribution in [2.75, 3.05) is 6.26 Å². The first kappa shape index (κ1) is 10.4. The van der Waals surface area contributed by atoms with E-state index in [2.05, 4.69) is 4.99 Å². The van der Waals surface area contributed by atoms with E-state index in [0.717, 1.165) is 26.8 Å². The first-order valence-electron chi connectivity index (χ1n) is 4.39. The minimum Gasteiger partial charge on any atom is -0.319 e. The Hall–Kier alpha value is -1.07. The average Bonchev–Trinajstić information content (AvgIpc) is 2.57. The molecule has 0 aliphatic carbocycles. The van der Waals surface area contributed by atoms with Crippen LogP contribution in [-0.2, 0) is 7.05 Å². The number of rotatable bonds is 0. The Morgan fingerprint density at radius 1 is 1.47 bits per heavy atom. The van der Waals surface area contributed by atoms with Crippen LogP contribution in [0.1, 0.15) is 0 Å². The van der Waals surface area contributed by atoms with Gasteiger partial charge in [0, 0.05) is 7.05 Å². The van der Waals surface area contributed by atoms with Gasteiger partial charge in [0.2, 0.25) is 0 Å². The number of amides is 1. The second-order valence-corrected chi connectivity index (χ2v) is 4.76. The van der Waals surface area contributed by atoms with Gasteiger partial charge in [-0.1, -0.05) is 35.2 Å². The SMILES string of the molecule is CSC(=O)/N=c1\sc2ccccc2n1C. The van der Waals surface area contributed by atoms with Crippen molar-refractivity contribution in [1.29, 1.82) is 0 Å². The molecule has 15 heavy (non-hydrogen) atoms. The molecule has 1 aromatic carbocycles. The Kier molecular flexibility index (Phi) is 2.93. The molecule has 0 fully saturated rings. The molecule has 0 bridgehead atoms. The summed E-state index contributed by atoms with van der Waals surface area (Å²) >= 11 is 2.66. The van der Waals surface area contributed by atoms with Gasteiger partial charge >= 0.3 is 5.24 Å². The first-order chi connectivity index (χ1) is 7.22. The van der Waals surface area contributed by atoms with E-state index in [1.54, 1.807) is 6.26 Å². The second-order valence-electron chi connectivity index (χ2n) is 2.99. The van der Waals surface area contributed by atoms with Crippen molar-refractivity contribution in [3.05, 3.63) is 29.1 Å². The van der Waals surface area contributed by atoms with Crippen LogP contribution in [0.3, 0.4) is 0 Å². The fourth-order valence-electron chi connectivity index (χ4n) is 1.31. The van der Waals surface area contributed by atoms with Crippen LogP contribution in [0.2, 0.25) is 0 Å². The number of fused-ring (bicyclic) bond motifs is 1. The number of nitrogens with zero attached hydrogens (tertiary/aromatic N) is 2. The molecule has 5 heteroatoms. The smallest absolute Gasteiger partial charge is 0.307 e. The van der Waals surface area contributed by atoms with E-state index < -0.39 is 0 Å². The third-order valence-electron chi connectivity index (χ3n) is 2.08. The summed E-state index contributed by atoms with van der Waals surface area (Å²) in [6, 6.07) is 8.02. The monoisotopic (exact) mass is 238 g/mol. The Labute approximate surface area is 95.5 Å². The van der Waals surface area contributed by atoms with Gasteiger partial charge in [-0.3, -0.25) is 4.79 Å². The molecule has 0 radical (unpaired) electrons. The average molecular weight is 238 g/mol. The highest BCUT2D eigenvalue weighted by Crippen LogP contribution is 2.15. The van der Waals surface area contributed by atoms with Crippen LogP contribution in [0.4, 0.5) is 4.79 Å². The molecule has 0 unspecified atom stereocenters. The lowest BCUT2D eigenvalue weighted by Gasteiger charge is -1.92. The summed E-state index contributed by atoms with van der Waals surface area (Å²) in [7, 11) is 1.92. The molecule has 0 spiro atoms. The summed E-state index contributed by atoms with van der Waals surface area (Å²) in [4.78, 5) is 16.0. The maximum Gasteiger partial charge on any atom is 0.307 e. The maximum atomic E-state index is 11.2. The van der Waals surface area contributed by atoms with E-state index in [9.17, 15) is 4.79 Å². The Morgan fingerprint density at radius 3 is 2.87 bits per heavy atom. The lowest BCUT2D eigenvalue weighted by atomic mass is 10.3. The standard InChI is InChI=1S/C10H10N2OS2/c1-12-7-5-3-4-6-8(7)15-9(12)11-10(13)14-2/h3-6H,1-2H3/b11-9-. The zero-order valence-electron chi connectivity index (χ0n) is 8.43. The summed E-state index contributed by atoms with van der Waals surface area (Å²) in [5, 5.41) is -0.155. The zero-order valence-corrected chi connectivity index (χ0v) is 10.1. The Balaban J connectivity index is 2.68. The largest absolute Gasteiger partial charge is 0.319 e. The molecular formula is C10H10N2OS2. The van der Waals surface area contributed by atoms with Crippen LogP contribution in [0, 0.1) is 0 Å². The molecular weight excluding hydrogens is 228 g/mol. The van der Waals surface area contributed by atoms with E-state index in [-0.39, 0.29) is 5.24 Å². The third kappa shape index (κ3) is 1.98. The van der Waals surface area contributed by atoms with Crippen molar-refractivity contribution in [1.82, 2.24) is 4.57 Å². The molecule has 2 rings (SSSR count). The molecule has 3 nitrogen and oxygen atoms in total. The number of thioether (sulfide) groups is 1. The molecule has 0 saturated carbocycles. The van der Waals surface area contributed by atoms with Gasteiger partial charge in [-0.05, 0) is 18.4 Å². The van der Waals surface area contributed by atoms with E-state index >= 15 is 0 Å². The fourth-order valence-corrected chi connectivity index (χ4v) is 2.56. The lowest BCUT2D eigenvalue weighted by Crippen LogP contribution is -2.11. The Morgan fingerprint density at radius 2 is 2.20 bits per heavy atom. The summed E-state index contributed by atoms with van der Waals surface area (Å²) in [5.41, 5.74) is 1.11. The molecule has 2 aromatic rings. The number of para-hydroxylation sites is 1. The minimum atomic E-state index is -0.155. The highest BCUT2D eigenvalue weighted by atomic mass is 32.2. The number of hydrogen-bond donors (Lipinski definition) is 0. The number of thiazole rings is 1. The highest BCUT2D eigenvalue weighted by molar-refractivity contribution is 8.13. The van der Waals surface area contributed by atoms with Gasteiger partial charge < -0.3 is 4.57 Å². The van der Waals surface area contributed by atoms with Crippen molar-refractivity contribution < 1.29 is 4.79 Å². The summed E-state index contributed by atoms with van der Waals surface area (Å²) in [5.74, 6) is 0. The number of carbonyl (C=O) groups excluding carboxylic acids is 1. The molecule has 1 aromatic heterocycles. The summed E-state index contributed by atoms with van der Waals surface area (Å²) in [6.45, 7) is 0. The molecule has 0 atom stereocenters. The van der Waals surface area contributed by atoms with Crippen molar-refractivity contribution >= 4 is 38.6 Å². The second kappa shape index (κ2) is 4.20.